The number of ether oxygens (including phenoxy) is 1. The number of hydrogen-bond donors (Lipinski definition) is 2. The number of anilines is 1. The maximum absolute atomic E-state index is 10.6. The van der Waals surface area contributed by atoms with Crippen molar-refractivity contribution in [1.82, 2.24) is 4.98 Å². The van der Waals surface area contributed by atoms with Crippen LogP contribution < -0.4 is 16.0 Å². The zero-order valence-electron chi connectivity index (χ0n) is 9.14. The second kappa shape index (κ2) is 5.26. The van der Waals surface area contributed by atoms with Gasteiger partial charge in [0.1, 0.15) is 0 Å². The zero-order chi connectivity index (χ0) is 12.1. The molecular weight excluding hydrogens is 212 g/mol. The van der Waals surface area contributed by atoms with Crippen LogP contribution in [0.5, 0.6) is 5.88 Å². The summed E-state index contributed by atoms with van der Waals surface area (Å²) in [5.41, 5.74) is 2.15. The quantitative estimate of drug-likeness (QED) is 0.447. The molecule has 0 saturated heterocycles. The lowest BCUT2D eigenvalue weighted by Crippen LogP contribution is -2.13. The highest BCUT2D eigenvalue weighted by atomic mass is 16.6. The minimum atomic E-state index is -0.522. The molecule has 16 heavy (non-hydrogen) atoms. The smallest absolute Gasteiger partial charge is 0.278 e. The Labute approximate surface area is 92.7 Å². The minimum Gasteiger partial charge on any atom is -0.474 e. The summed E-state index contributed by atoms with van der Waals surface area (Å²) in [6.07, 6.45) is 0.732. The molecule has 0 saturated carbocycles. The fourth-order valence-corrected chi connectivity index (χ4v) is 1.02. The molecule has 1 rings (SSSR count). The molecule has 0 aliphatic carbocycles. The van der Waals surface area contributed by atoms with E-state index in [1.165, 1.54) is 12.1 Å². The summed E-state index contributed by atoms with van der Waals surface area (Å²) in [7, 11) is 0. The van der Waals surface area contributed by atoms with Gasteiger partial charge >= 0.3 is 0 Å². The fraction of sp³-hybridized carbons (Fsp3) is 0.444. The topological polar surface area (TPSA) is 103 Å². The van der Waals surface area contributed by atoms with Crippen molar-refractivity contribution in [3.05, 3.63) is 22.2 Å². The van der Waals surface area contributed by atoms with Crippen LogP contribution in [0.4, 0.5) is 11.5 Å². The predicted octanol–water partition coefficient (Wildman–Crippen LogP) is 1.45. The Balaban J connectivity index is 2.99. The number of nitrogen functional groups attached to an aromatic ring is 1. The lowest BCUT2D eigenvalue weighted by atomic mass is 10.3. The Morgan fingerprint density at radius 3 is 2.88 bits per heavy atom. The van der Waals surface area contributed by atoms with Gasteiger partial charge in [-0.3, -0.25) is 10.1 Å². The first-order chi connectivity index (χ1) is 7.56. The maximum Gasteiger partial charge on any atom is 0.278 e. The summed E-state index contributed by atoms with van der Waals surface area (Å²) in [4.78, 5) is 14.1. The molecule has 7 nitrogen and oxygen atoms in total. The molecule has 1 atom stereocenters. The number of nitrogens with one attached hydrogen (secondary N) is 1. The first-order valence-corrected chi connectivity index (χ1v) is 4.86. The first-order valence-electron chi connectivity index (χ1n) is 4.86. The van der Waals surface area contributed by atoms with Gasteiger partial charge in [-0.15, -0.1) is 0 Å². The van der Waals surface area contributed by atoms with Gasteiger partial charge in [-0.05, 0) is 13.3 Å². The van der Waals surface area contributed by atoms with E-state index in [4.69, 9.17) is 10.6 Å². The molecule has 0 fully saturated rings. The molecule has 1 unspecified atom stereocenters. The van der Waals surface area contributed by atoms with E-state index in [-0.39, 0.29) is 23.5 Å². The average molecular weight is 226 g/mol. The van der Waals surface area contributed by atoms with E-state index in [1.807, 2.05) is 13.8 Å². The summed E-state index contributed by atoms with van der Waals surface area (Å²) in [6, 6.07) is 2.51. The third kappa shape index (κ3) is 3.06. The molecule has 0 aliphatic heterocycles. The van der Waals surface area contributed by atoms with Crippen LogP contribution in [0.3, 0.4) is 0 Å². The maximum atomic E-state index is 10.6. The lowest BCUT2D eigenvalue weighted by molar-refractivity contribution is -0.384. The summed E-state index contributed by atoms with van der Waals surface area (Å²) in [5, 5.41) is 10.6. The van der Waals surface area contributed by atoms with E-state index in [0.717, 1.165) is 6.42 Å². The van der Waals surface area contributed by atoms with E-state index in [0.29, 0.717) is 0 Å². The Morgan fingerprint density at radius 2 is 2.38 bits per heavy atom. The standard InChI is InChI=1S/C9H14N4O3/c1-3-6(2)16-9-5-7(13(14)15)4-8(11-9)12-10/h4-6H,3,10H2,1-2H3,(H,11,12). The van der Waals surface area contributed by atoms with Crippen LogP contribution in [-0.4, -0.2) is 16.0 Å². The number of aromatic nitrogens is 1. The molecular formula is C9H14N4O3. The normalized spacial score (nSPS) is 11.9. The van der Waals surface area contributed by atoms with E-state index in [9.17, 15) is 10.1 Å². The fourth-order valence-electron chi connectivity index (χ4n) is 1.02. The molecule has 3 N–H and O–H groups in total. The Hall–Kier alpha value is -1.89. The molecule has 0 amide bonds. The van der Waals surface area contributed by atoms with Gasteiger partial charge in [-0.25, -0.2) is 5.84 Å². The number of nitrogens with zero attached hydrogens (tertiary/aromatic N) is 2. The molecule has 1 aromatic heterocycles. The van der Waals surface area contributed by atoms with Crippen LogP contribution >= 0.6 is 0 Å². The van der Waals surface area contributed by atoms with Crippen molar-refractivity contribution in [3.63, 3.8) is 0 Å². The summed E-state index contributed by atoms with van der Waals surface area (Å²) in [6.45, 7) is 3.81. The number of hydrogen-bond acceptors (Lipinski definition) is 6. The van der Waals surface area contributed by atoms with Crippen LogP contribution in [0.15, 0.2) is 12.1 Å². The first kappa shape index (κ1) is 12.2. The summed E-state index contributed by atoms with van der Waals surface area (Å²) in [5.74, 6) is 5.55. The number of nitrogens with two attached hydrogens (primary N) is 1. The van der Waals surface area contributed by atoms with Gasteiger partial charge in [0.05, 0.1) is 23.2 Å². The van der Waals surface area contributed by atoms with Crippen LogP contribution in [0, 0.1) is 10.1 Å². The van der Waals surface area contributed by atoms with E-state index in [2.05, 4.69) is 10.4 Å². The summed E-state index contributed by atoms with van der Waals surface area (Å²) >= 11 is 0. The number of nitro groups is 1. The Morgan fingerprint density at radius 1 is 1.69 bits per heavy atom. The predicted molar refractivity (Wildman–Crippen MR) is 59.1 cm³/mol. The van der Waals surface area contributed by atoms with Gasteiger partial charge in [0.2, 0.25) is 5.88 Å². The van der Waals surface area contributed by atoms with Crippen molar-refractivity contribution in [2.24, 2.45) is 5.84 Å². The minimum absolute atomic E-state index is 0.0554. The van der Waals surface area contributed by atoms with Crippen LogP contribution in [0.1, 0.15) is 20.3 Å². The Kier molecular flexibility index (Phi) is 4.01. The third-order valence-electron chi connectivity index (χ3n) is 2.04. The van der Waals surface area contributed by atoms with Crippen LogP contribution in [0.25, 0.3) is 0 Å². The van der Waals surface area contributed by atoms with Gasteiger partial charge in [0.25, 0.3) is 5.69 Å². The van der Waals surface area contributed by atoms with Crippen molar-refractivity contribution in [3.8, 4) is 5.88 Å². The lowest BCUT2D eigenvalue weighted by Gasteiger charge is -2.12. The van der Waals surface area contributed by atoms with Crippen molar-refractivity contribution in [2.75, 3.05) is 5.43 Å². The Bertz CT molecular complexity index is 383. The number of pyridine rings is 1. The van der Waals surface area contributed by atoms with E-state index in [1.54, 1.807) is 0 Å². The van der Waals surface area contributed by atoms with Crippen molar-refractivity contribution in [1.29, 1.82) is 0 Å². The molecule has 0 bridgehead atoms. The number of rotatable bonds is 5. The second-order valence-electron chi connectivity index (χ2n) is 3.29. The number of hydrazine groups is 1. The van der Waals surface area contributed by atoms with Crippen molar-refractivity contribution in [2.45, 2.75) is 26.4 Å². The van der Waals surface area contributed by atoms with Gasteiger partial charge in [0.15, 0.2) is 5.82 Å². The molecule has 0 radical (unpaired) electrons. The molecule has 0 aliphatic rings. The van der Waals surface area contributed by atoms with E-state index >= 15 is 0 Å². The largest absolute Gasteiger partial charge is 0.474 e. The molecule has 88 valence electrons. The van der Waals surface area contributed by atoms with Crippen LogP contribution in [-0.2, 0) is 0 Å². The molecule has 0 spiro atoms. The van der Waals surface area contributed by atoms with Gasteiger partial charge < -0.3 is 10.2 Å². The third-order valence-corrected chi connectivity index (χ3v) is 2.04. The van der Waals surface area contributed by atoms with Crippen LogP contribution in [0.2, 0.25) is 0 Å². The van der Waals surface area contributed by atoms with Gasteiger partial charge in [0, 0.05) is 0 Å². The van der Waals surface area contributed by atoms with Crippen molar-refractivity contribution < 1.29 is 9.66 Å². The average Bonchev–Trinajstić information content (AvgIpc) is 2.28. The monoisotopic (exact) mass is 226 g/mol. The molecule has 0 aromatic carbocycles. The van der Waals surface area contributed by atoms with E-state index < -0.39 is 4.92 Å². The van der Waals surface area contributed by atoms with Gasteiger partial charge in [-0.1, -0.05) is 6.92 Å². The second-order valence-corrected chi connectivity index (χ2v) is 3.29. The highest BCUT2D eigenvalue weighted by molar-refractivity contribution is 5.47. The SMILES string of the molecule is CCC(C)Oc1cc([N+](=O)[O-])cc(NN)n1. The summed E-state index contributed by atoms with van der Waals surface area (Å²) < 4.78 is 5.39. The molecule has 1 heterocycles. The van der Waals surface area contributed by atoms with Crippen molar-refractivity contribution >= 4 is 11.5 Å². The zero-order valence-corrected chi connectivity index (χ0v) is 9.14. The molecule has 1 aromatic rings. The molecule has 7 heteroatoms. The highest BCUT2D eigenvalue weighted by Crippen LogP contribution is 2.22. The highest BCUT2D eigenvalue weighted by Gasteiger charge is 2.13. The van der Waals surface area contributed by atoms with Gasteiger partial charge in [-0.2, -0.15) is 4.98 Å².